The number of nitrogens with two attached hydrogens (primary N) is 2. The van der Waals surface area contributed by atoms with Gasteiger partial charge in [-0.3, -0.25) is 19.9 Å². The molecule has 3 rings (SSSR count). The Morgan fingerprint density at radius 1 is 1.15 bits per heavy atom. The van der Waals surface area contributed by atoms with Crippen LogP contribution in [0.2, 0.25) is 0 Å². The summed E-state index contributed by atoms with van der Waals surface area (Å²) >= 11 is 0. The van der Waals surface area contributed by atoms with E-state index in [0.29, 0.717) is 0 Å². The van der Waals surface area contributed by atoms with E-state index in [-0.39, 0.29) is 53.2 Å². The number of hydrogen-bond donors (Lipinski definition) is 3. The van der Waals surface area contributed by atoms with Crippen LogP contribution in [-0.2, 0) is 6.18 Å². The van der Waals surface area contributed by atoms with Crippen molar-refractivity contribution in [2.75, 3.05) is 13.1 Å². The van der Waals surface area contributed by atoms with Crippen LogP contribution < -0.4 is 16.8 Å². The van der Waals surface area contributed by atoms with Crippen LogP contribution in [0.25, 0.3) is 22.8 Å². The molecule has 1 heterocycles. The van der Waals surface area contributed by atoms with Gasteiger partial charge in [-0.2, -0.15) is 13.2 Å². The van der Waals surface area contributed by atoms with Gasteiger partial charge >= 0.3 is 6.18 Å². The lowest BCUT2D eigenvalue weighted by Crippen LogP contribution is -2.29. The summed E-state index contributed by atoms with van der Waals surface area (Å²) in [4.78, 5) is 31.3. The summed E-state index contributed by atoms with van der Waals surface area (Å²) in [5.41, 5.74) is 9.05. The molecule has 172 valence electrons. The van der Waals surface area contributed by atoms with E-state index in [4.69, 9.17) is 15.9 Å². The Morgan fingerprint density at radius 2 is 1.82 bits per heavy atom. The molecule has 1 amide bonds. The summed E-state index contributed by atoms with van der Waals surface area (Å²) in [5.74, 6) is -1.31. The number of rotatable bonds is 7. The highest BCUT2D eigenvalue weighted by molar-refractivity contribution is 5.99. The average molecular weight is 462 g/mol. The van der Waals surface area contributed by atoms with Gasteiger partial charge < -0.3 is 21.2 Å². The van der Waals surface area contributed by atoms with E-state index in [1.807, 2.05) is 0 Å². The number of guanidine groups is 1. The van der Waals surface area contributed by atoms with Crippen molar-refractivity contribution in [3.8, 4) is 22.8 Å². The third kappa shape index (κ3) is 5.44. The summed E-state index contributed by atoms with van der Waals surface area (Å²) in [6.45, 7) is 0.0913. The zero-order valence-corrected chi connectivity index (χ0v) is 16.8. The first-order chi connectivity index (χ1) is 15.6. The van der Waals surface area contributed by atoms with Gasteiger partial charge in [0.25, 0.3) is 11.6 Å². The van der Waals surface area contributed by atoms with Crippen molar-refractivity contribution in [3.05, 3.63) is 69.9 Å². The summed E-state index contributed by atoms with van der Waals surface area (Å²) in [6, 6.07) is 9.43. The molecule has 0 aliphatic rings. The van der Waals surface area contributed by atoms with Gasteiger partial charge in [-0.1, -0.05) is 12.1 Å². The van der Waals surface area contributed by atoms with Gasteiger partial charge in [-0.15, -0.1) is 0 Å². The van der Waals surface area contributed by atoms with E-state index < -0.39 is 22.6 Å². The highest BCUT2D eigenvalue weighted by Gasteiger charge is 2.31. The Morgan fingerprint density at radius 3 is 2.42 bits per heavy atom. The smallest absolute Gasteiger partial charge is 0.416 e. The van der Waals surface area contributed by atoms with Crippen molar-refractivity contribution in [1.82, 2.24) is 10.3 Å². The number of nitro benzene ring substituents is 1. The Kier molecular flexibility index (Phi) is 6.61. The molecule has 0 radical (unpaired) electrons. The molecule has 1 aromatic heterocycles. The number of aliphatic imine (C=N–C) groups is 1. The van der Waals surface area contributed by atoms with Crippen LogP contribution in [0.5, 0.6) is 0 Å². The number of oxazole rings is 1. The first-order valence-corrected chi connectivity index (χ1v) is 9.33. The molecule has 3 aromatic rings. The minimum atomic E-state index is -4.54. The topological polar surface area (TPSA) is 163 Å². The number of para-hydroxylation sites is 1. The van der Waals surface area contributed by atoms with Gasteiger partial charge in [0.15, 0.2) is 17.4 Å². The van der Waals surface area contributed by atoms with Gasteiger partial charge in [0, 0.05) is 18.2 Å². The molecule has 33 heavy (non-hydrogen) atoms. The van der Waals surface area contributed by atoms with E-state index in [0.717, 1.165) is 24.3 Å². The zero-order chi connectivity index (χ0) is 24.2. The van der Waals surface area contributed by atoms with Crippen molar-refractivity contribution in [2.45, 2.75) is 6.18 Å². The number of alkyl halides is 3. The maximum absolute atomic E-state index is 12.9. The maximum atomic E-state index is 12.9. The largest absolute Gasteiger partial charge is 0.435 e. The van der Waals surface area contributed by atoms with E-state index in [2.05, 4.69) is 15.3 Å². The summed E-state index contributed by atoms with van der Waals surface area (Å²) in [7, 11) is 0. The second-order valence-corrected chi connectivity index (χ2v) is 6.61. The number of carbonyl (C=O) groups is 1. The first-order valence-electron chi connectivity index (χ1n) is 9.33. The van der Waals surface area contributed by atoms with E-state index in [1.54, 1.807) is 0 Å². The lowest BCUT2D eigenvalue weighted by molar-refractivity contribution is -0.384. The molecule has 0 atom stereocenters. The maximum Gasteiger partial charge on any atom is 0.416 e. The number of nitrogens with one attached hydrogen (secondary N) is 1. The average Bonchev–Trinajstić information content (AvgIpc) is 3.21. The third-order valence-corrected chi connectivity index (χ3v) is 4.34. The molecule has 0 bridgehead atoms. The lowest BCUT2D eigenvalue weighted by atomic mass is 10.1. The highest BCUT2D eigenvalue weighted by Crippen LogP contribution is 2.36. The fourth-order valence-electron chi connectivity index (χ4n) is 2.84. The molecular formula is C20H17F3N6O4. The summed E-state index contributed by atoms with van der Waals surface area (Å²) in [6.07, 6.45) is -4.54. The number of hydrogen-bond acceptors (Lipinski definition) is 6. The monoisotopic (exact) mass is 462 g/mol. The molecule has 10 nitrogen and oxygen atoms in total. The van der Waals surface area contributed by atoms with Gasteiger partial charge in [-0.25, -0.2) is 4.98 Å². The second-order valence-electron chi connectivity index (χ2n) is 6.61. The quantitative estimate of drug-likeness (QED) is 0.160. The van der Waals surface area contributed by atoms with Gasteiger partial charge in [0.05, 0.1) is 22.6 Å². The number of aromatic nitrogens is 1. The minimum Gasteiger partial charge on any atom is -0.435 e. The number of nitro groups is 1. The first kappa shape index (κ1) is 23.2. The zero-order valence-electron chi connectivity index (χ0n) is 16.8. The van der Waals surface area contributed by atoms with E-state index in [1.165, 1.54) is 24.3 Å². The molecule has 0 spiro atoms. The Hall–Kier alpha value is -4.42. The van der Waals surface area contributed by atoms with Crippen LogP contribution in [0.3, 0.4) is 0 Å². The molecule has 0 unspecified atom stereocenters. The van der Waals surface area contributed by atoms with Gasteiger partial charge in [0.1, 0.15) is 0 Å². The van der Waals surface area contributed by atoms with Crippen molar-refractivity contribution in [1.29, 1.82) is 0 Å². The van der Waals surface area contributed by atoms with E-state index >= 15 is 0 Å². The second kappa shape index (κ2) is 9.38. The fourth-order valence-corrected chi connectivity index (χ4v) is 2.84. The van der Waals surface area contributed by atoms with Gasteiger partial charge in [-0.05, 0) is 30.3 Å². The van der Waals surface area contributed by atoms with Crippen LogP contribution >= 0.6 is 0 Å². The molecule has 5 N–H and O–H groups in total. The van der Waals surface area contributed by atoms with Crippen LogP contribution in [0.1, 0.15) is 16.1 Å². The molecule has 2 aromatic carbocycles. The number of nitrogens with zero attached hydrogens (tertiary/aromatic N) is 3. The predicted octanol–water partition coefficient (Wildman–Crippen LogP) is 2.94. The number of carbonyl (C=O) groups excluding carboxylic acids is 1. The SMILES string of the molecule is NC(N)=NCCNC(=O)c1nc(-c2ccc(C(F)(F)F)cc2)oc1-c1ccccc1[N+](=O)[O-]. The van der Waals surface area contributed by atoms with Crippen molar-refractivity contribution >= 4 is 17.6 Å². The van der Waals surface area contributed by atoms with Crippen LogP contribution in [0.15, 0.2) is 57.9 Å². The van der Waals surface area contributed by atoms with Crippen molar-refractivity contribution in [2.24, 2.45) is 16.5 Å². The van der Waals surface area contributed by atoms with E-state index in [9.17, 15) is 28.1 Å². The molecule has 0 aliphatic carbocycles. The Labute approximate surface area is 184 Å². The molecule has 0 saturated heterocycles. The predicted molar refractivity (Wildman–Crippen MR) is 112 cm³/mol. The highest BCUT2D eigenvalue weighted by atomic mass is 19.4. The molecule has 0 aliphatic heterocycles. The number of benzene rings is 2. The van der Waals surface area contributed by atoms with Crippen LogP contribution in [0.4, 0.5) is 18.9 Å². The van der Waals surface area contributed by atoms with Crippen LogP contribution in [0, 0.1) is 10.1 Å². The summed E-state index contributed by atoms with van der Waals surface area (Å²) < 4.78 is 44.2. The standard InChI is InChI=1S/C20H17F3N6O4/c21-20(22,23)12-7-5-11(6-8-12)18-28-15(17(30)26-9-10-27-19(24)25)16(33-18)13-3-1-2-4-14(13)29(31)32/h1-8H,9-10H2,(H,26,30)(H4,24,25,27). The minimum absolute atomic E-state index is 0.0233. The normalized spacial score (nSPS) is 11.1. The van der Waals surface area contributed by atoms with Crippen molar-refractivity contribution in [3.63, 3.8) is 0 Å². The molecule has 0 fully saturated rings. The molecule has 13 heteroatoms. The summed E-state index contributed by atoms with van der Waals surface area (Å²) in [5, 5.41) is 14.0. The Balaban J connectivity index is 2.04. The molecule has 0 saturated carbocycles. The Bertz CT molecular complexity index is 1200. The number of halogens is 3. The number of amides is 1. The third-order valence-electron chi connectivity index (χ3n) is 4.34. The van der Waals surface area contributed by atoms with Crippen molar-refractivity contribution < 1.29 is 27.3 Å². The van der Waals surface area contributed by atoms with Crippen LogP contribution in [-0.4, -0.2) is 34.9 Å². The fraction of sp³-hybridized carbons (Fsp3) is 0.150. The molecular weight excluding hydrogens is 445 g/mol. The lowest BCUT2D eigenvalue weighted by Gasteiger charge is -2.06. The van der Waals surface area contributed by atoms with Gasteiger partial charge in [0.2, 0.25) is 5.89 Å².